The monoisotopic (exact) mass is 243 g/mol. The van der Waals surface area contributed by atoms with Gasteiger partial charge in [0.1, 0.15) is 12.4 Å². The number of para-hydroxylation sites is 1. The predicted molar refractivity (Wildman–Crippen MR) is 72.3 cm³/mol. The molecular formula is C15H17NO2. The first-order chi connectivity index (χ1) is 8.79. The summed E-state index contributed by atoms with van der Waals surface area (Å²) >= 11 is 0. The Morgan fingerprint density at radius 3 is 2.61 bits per heavy atom. The third-order valence-corrected chi connectivity index (χ3v) is 2.66. The van der Waals surface area contributed by atoms with E-state index in [0.717, 1.165) is 22.6 Å². The second-order valence-corrected chi connectivity index (χ2v) is 4.07. The summed E-state index contributed by atoms with van der Waals surface area (Å²) in [5.74, 6) is 0.827. The molecule has 0 amide bonds. The lowest BCUT2D eigenvalue weighted by Crippen LogP contribution is -2.00. The molecule has 2 aromatic rings. The van der Waals surface area contributed by atoms with Gasteiger partial charge in [0, 0.05) is 18.4 Å². The first kappa shape index (κ1) is 12.5. The topological polar surface area (TPSA) is 44.5 Å². The van der Waals surface area contributed by atoms with Crippen molar-refractivity contribution in [1.29, 1.82) is 0 Å². The van der Waals surface area contributed by atoms with Gasteiger partial charge in [0.15, 0.2) is 0 Å². The third-order valence-electron chi connectivity index (χ3n) is 2.66. The van der Waals surface area contributed by atoms with E-state index >= 15 is 0 Å². The van der Waals surface area contributed by atoms with Crippen LogP contribution < -0.4 is 10.5 Å². The Morgan fingerprint density at radius 2 is 1.83 bits per heavy atom. The molecule has 0 saturated carbocycles. The van der Waals surface area contributed by atoms with Crippen LogP contribution in [0.5, 0.6) is 5.75 Å². The molecular weight excluding hydrogens is 226 g/mol. The van der Waals surface area contributed by atoms with Crippen LogP contribution in [0, 0.1) is 0 Å². The van der Waals surface area contributed by atoms with E-state index in [1.165, 1.54) is 0 Å². The highest BCUT2D eigenvalue weighted by Crippen LogP contribution is 2.17. The Balaban J connectivity index is 2.02. The normalized spacial score (nSPS) is 10.3. The summed E-state index contributed by atoms with van der Waals surface area (Å²) in [6, 6.07) is 15.6. The van der Waals surface area contributed by atoms with Crippen LogP contribution in [0.3, 0.4) is 0 Å². The number of ether oxygens (including phenoxy) is 2. The largest absolute Gasteiger partial charge is 0.489 e. The highest BCUT2D eigenvalue weighted by Gasteiger charge is 2.00. The maximum Gasteiger partial charge on any atom is 0.120 e. The van der Waals surface area contributed by atoms with Gasteiger partial charge in [-0.25, -0.2) is 0 Å². The van der Waals surface area contributed by atoms with E-state index in [1.54, 1.807) is 7.11 Å². The number of rotatable bonds is 5. The molecule has 3 heteroatoms. The van der Waals surface area contributed by atoms with Gasteiger partial charge in [-0.1, -0.05) is 30.3 Å². The highest BCUT2D eigenvalue weighted by atomic mass is 16.5. The number of nitrogen functional groups attached to an aromatic ring is 1. The first-order valence-electron chi connectivity index (χ1n) is 5.83. The van der Waals surface area contributed by atoms with E-state index in [2.05, 4.69) is 0 Å². The van der Waals surface area contributed by atoms with Crippen LogP contribution in [0.15, 0.2) is 48.5 Å². The van der Waals surface area contributed by atoms with Crippen molar-refractivity contribution in [2.75, 3.05) is 12.8 Å². The van der Waals surface area contributed by atoms with E-state index in [9.17, 15) is 0 Å². The second kappa shape index (κ2) is 6.07. The first-order valence-corrected chi connectivity index (χ1v) is 5.83. The van der Waals surface area contributed by atoms with Crippen molar-refractivity contribution in [1.82, 2.24) is 0 Å². The van der Waals surface area contributed by atoms with Crippen molar-refractivity contribution in [3.63, 3.8) is 0 Å². The fraction of sp³-hybridized carbons (Fsp3) is 0.200. The zero-order valence-corrected chi connectivity index (χ0v) is 10.4. The van der Waals surface area contributed by atoms with Crippen LogP contribution in [0.1, 0.15) is 11.1 Å². The molecule has 0 radical (unpaired) electrons. The average Bonchev–Trinajstić information content (AvgIpc) is 2.39. The minimum absolute atomic E-state index is 0.475. The number of nitrogens with two attached hydrogens (primary N) is 1. The Labute approximate surface area is 107 Å². The van der Waals surface area contributed by atoms with Crippen molar-refractivity contribution < 1.29 is 9.47 Å². The fourth-order valence-electron chi connectivity index (χ4n) is 1.72. The lowest BCUT2D eigenvalue weighted by atomic mass is 10.2. The summed E-state index contributed by atoms with van der Waals surface area (Å²) < 4.78 is 10.8. The summed E-state index contributed by atoms with van der Waals surface area (Å²) in [5, 5.41) is 0. The third kappa shape index (κ3) is 3.25. The van der Waals surface area contributed by atoms with Gasteiger partial charge in [-0.05, 0) is 23.8 Å². The van der Waals surface area contributed by atoms with Crippen LogP contribution in [-0.4, -0.2) is 7.11 Å². The Kier molecular flexibility index (Phi) is 4.20. The van der Waals surface area contributed by atoms with Crippen LogP contribution in [-0.2, 0) is 18.0 Å². The summed E-state index contributed by atoms with van der Waals surface area (Å²) in [5.41, 5.74) is 8.71. The van der Waals surface area contributed by atoms with Gasteiger partial charge in [-0.2, -0.15) is 0 Å². The molecule has 0 aliphatic heterocycles. The van der Waals surface area contributed by atoms with Crippen molar-refractivity contribution in [2.24, 2.45) is 0 Å². The SMILES string of the molecule is COCc1cccc(OCc2ccccc2N)c1. The second-order valence-electron chi connectivity index (χ2n) is 4.07. The van der Waals surface area contributed by atoms with E-state index < -0.39 is 0 Å². The quantitative estimate of drug-likeness (QED) is 0.821. The number of hydrogen-bond donors (Lipinski definition) is 1. The number of hydrogen-bond acceptors (Lipinski definition) is 3. The molecule has 0 atom stereocenters. The molecule has 2 rings (SSSR count). The molecule has 0 saturated heterocycles. The minimum atomic E-state index is 0.475. The van der Waals surface area contributed by atoms with Crippen molar-refractivity contribution in [2.45, 2.75) is 13.2 Å². The van der Waals surface area contributed by atoms with Crippen molar-refractivity contribution >= 4 is 5.69 Å². The molecule has 0 heterocycles. The molecule has 0 bridgehead atoms. The van der Waals surface area contributed by atoms with Gasteiger partial charge in [0.05, 0.1) is 6.61 Å². The summed E-state index contributed by atoms with van der Waals surface area (Å²) in [6.07, 6.45) is 0. The predicted octanol–water partition coefficient (Wildman–Crippen LogP) is 2.99. The summed E-state index contributed by atoms with van der Waals surface area (Å²) in [6.45, 7) is 1.06. The van der Waals surface area contributed by atoms with E-state index in [0.29, 0.717) is 13.2 Å². The van der Waals surface area contributed by atoms with E-state index in [4.69, 9.17) is 15.2 Å². The molecule has 18 heavy (non-hydrogen) atoms. The molecule has 2 aromatic carbocycles. The molecule has 0 aliphatic rings. The molecule has 2 N–H and O–H groups in total. The molecule has 0 aromatic heterocycles. The van der Waals surface area contributed by atoms with Gasteiger partial charge >= 0.3 is 0 Å². The Hall–Kier alpha value is -2.00. The summed E-state index contributed by atoms with van der Waals surface area (Å²) in [7, 11) is 1.68. The highest BCUT2D eigenvalue weighted by molar-refractivity contribution is 5.46. The van der Waals surface area contributed by atoms with Crippen LogP contribution in [0.2, 0.25) is 0 Å². The molecule has 3 nitrogen and oxygen atoms in total. The molecule has 0 fully saturated rings. The summed E-state index contributed by atoms with van der Waals surface area (Å²) in [4.78, 5) is 0. The maximum absolute atomic E-state index is 5.86. The maximum atomic E-state index is 5.86. The lowest BCUT2D eigenvalue weighted by molar-refractivity contribution is 0.184. The van der Waals surface area contributed by atoms with Crippen molar-refractivity contribution in [3.05, 3.63) is 59.7 Å². The zero-order chi connectivity index (χ0) is 12.8. The van der Waals surface area contributed by atoms with Gasteiger partial charge in [0.2, 0.25) is 0 Å². The minimum Gasteiger partial charge on any atom is -0.489 e. The molecule has 0 spiro atoms. The van der Waals surface area contributed by atoms with Crippen molar-refractivity contribution in [3.8, 4) is 5.75 Å². The number of anilines is 1. The van der Waals surface area contributed by atoms with Crippen LogP contribution in [0.25, 0.3) is 0 Å². The van der Waals surface area contributed by atoms with Gasteiger partial charge in [-0.15, -0.1) is 0 Å². The Bertz CT molecular complexity index is 511. The van der Waals surface area contributed by atoms with Crippen LogP contribution >= 0.6 is 0 Å². The Morgan fingerprint density at radius 1 is 1.00 bits per heavy atom. The van der Waals surface area contributed by atoms with Gasteiger partial charge in [0.25, 0.3) is 0 Å². The van der Waals surface area contributed by atoms with Gasteiger partial charge < -0.3 is 15.2 Å². The zero-order valence-electron chi connectivity index (χ0n) is 10.4. The van der Waals surface area contributed by atoms with E-state index in [1.807, 2.05) is 48.5 Å². The smallest absolute Gasteiger partial charge is 0.120 e. The number of methoxy groups -OCH3 is 1. The standard InChI is InChI=1S/C15H17NO2/c1-17-10-12-5-4-7-14(9-12)18-11-13-6-2-3-8-15(13)16/h2-9H,10-11,16H2,1H3. The van der Waals surface area contributed by atoms with Crippen LogP contribution in [0.4, 0.5) is 5.69 Å². The molecule has 0 aliphatic carbocycles. The molecule has 94 valence electrons. The van der Waals surface area contributed by atoms with E-state index in [-0.39, 0.29) is 0 Å². The average molecular weight is 243 g/mol. The lowest BCUT2D eigenvalue weighted by Gasteiger charge is -2.09. The van der Waals surface area contributed by atoms with Gasteiger partial charge in [-0.3, -0.25) is 0 Å². The molecule has 0 unspecified atom stereocenters. The fourth-order valence-corrected chi connectivity index (χ4v) is 1.72. The number of benzene rings is 2.